The minimum atomic E-state index is -3.84. The van der Waals surface area contributed by atoms with E-state index in [4.69, 9.17) is 11.6 Å². The monoisotopic (exact) mass is 426 g/mol. The molecule has 0 radical (unpaired) electrons. The number of anilines is 1. The van der Waals surface area contributed by atoms with Gasteiger partial charge in [-0.1, -0.05) is 23.7 Å². The van der Waals surface area contributed by atoms with Crippen LogP contribution in [0.25, 0.3) is 0 Å². The number of likely N-dealkylation sites (N-methyl/N-ethyl adjacent to an activating group) is 1. The van der Waals surface area contributed by atoms with E-state index in [0.29, 0.717) is 11.6 Å². The van der Waals surface area contributed by atoms with Crippen LogP contribution in [-0.4, -0.2) is 45.4 Å². The molecule has 0 aliphatic rings. The molecule has 0 fully saturated rings. The van der Waals surface area contributed by atoms with E-state index in [2.05, 4.69) is 10.0 Å². The summed E-state index contributed by atoms with van der Waals surface area (Å²) in [6.07, 6.45) is 0. The maximum Gasteiger partial charge on any atom is 0.293 e. The van der Waals surface area contributed by atoms with E-state index in [9.17, 15) is 18.5 Å². The Morgan fingerprint density at radius 2 is 1.82 bits per heavy atom. The van der Waals surface area contributed by atoms with Gasteiger partial charge in [-0.2, -0.15) is 0 Å². The van der Waals surface area contributed by atoms with Crippen molar-refractivity contribution in [3.8, 4) is 0 Å². The topological polar surface area (TPSA) is 105 Å². The van der Waals surface area contributed by atoms with E-state index < -0.39 is 14.9 Å². The number of hydrogen-bond acceptors (Lipinski definition) is 6. The zero-order valence-corrected chi connectivity index (χ0v) is 17.4. The van der Waals surface area contributed by atoms with E-state index in [1.54, 1.807) is 12.1 Å². The Hall–Kier alpha value is -2.20. The van der Waals surface area contributed by atoms with Gasteiger partial charge in [0, 0.05) is 30.2 Å². The van der Waals surface area contributed by atoms with Crippen LogP contribution >= 0.6 is 11.6 Å². The lowest BCUT2D eigenvalue weighted by atomic mass is 10.1. The zero-order chi connectivity index (χ0) is 20.9. The molecule has 0 heterocycles. The van der Waals surface area contributed by atoms with Crippen molar-refractivity contribution in [1.82, 2.24) is 9.62 Å². The highest BCUT2D eigenvalue weighted by Gasteiger charge is 2.22. The molecule has 0 saturated carbocycles. The Morgan fingerprint density at radius 3 is 2.39 bits per heavy atom. The van der Waals surface area contributed by atoms with Crippen molar-refractivity contribution in [3.63, 3.8) is 0 Å². The first-order valence-electron chi connectivity index (χ1n) is 8.55. The van der Waals surface area contributed by atoms with Crippen molar-refractivity contribution in [2.75, 3.05) is 32.5 Å². The first-order chi connectivity index (χ1) is 13.1. The fourth-order valence-corrected chi connectivity index (χ4v) is 3.67. The second kappa shape index (κ2) is 9.33. The third kappa shape index (κ3) is 5.90. The molecule has 2 N–H and O–H groups in total. The highest BCUT2D eigenvalue weighted by molar-refractivity contribution is 7.89. The smallest absolute Gasteiger partial charge is 0.293 e. The van der Waals surface area contributed by atoms with Gasteiger partial charge < -0.3 is 10.2 Å². The molecule has 1 atom stereocenters. The van der Waals surface area contributed by atoms with Gasteiger partial charge >= 0.3 is 0 Å². The van der Waals surface area contributed by atoms with Gasteiger partial charge in [-0.3, -0.25) is 10.1 Å². The highest BCUT2D eigenvalue weighted by Crippen LogP contribution is 2.31. The van der Waals surface area contributed by atoms with Gasteiger partial charge in [-0.25, -0.2) is 13.1 Å². The van der Waals surface area contributed by atoms with Crippen LogP contribution in [0.2, 0.25) is 5.02 Å². The van der Waals surface area contributed by atoms with E-state index in [-0.39, 0.29) is 28.9 Å². The molecule has 0 aliphatic carbocycles. The summed E-state index contributed by atoms with van der Waals surface area (Å²) in [6, 6.07) is 10.7. The molecule has 0 bridgehead atoms. The molecule has 2 aromatic carbocycles. The number of rotatable bonds is 9. The van der Waals surface area contributed by atoms with Crippen LogP contribution in [0.15, 0.2) is 47.4 Å². The Bertz CT molecular complexity index is 933. The molecule has 2 aromatic rings. The van der Waals surface area contributed by atoms with Crippen molar-refractivity contribution in [3.05, 3.63) is 63.2 Å². The third-order valence-electron chi connectivity index (χ3n) is 4.07. The van der Waals surface area contributed by atoms with Crippen LogP contribution in [-0.2, 0) is 10.0 Å². The van der Waals surface area contributed by atoms with Gasteiger partial charge in [0.1, 0.15) is 5.69 Å². The Labute approximate surface area is 169 Å². The molecular weight excluding hydrogens is 404 g/mol. The lowest BCUT2D eigenvalue weighted by molar-refractivity contribution is -0.384. The van der Waals surface area contributed by atoms with Crippen molar-refractivity contribution in [1.29, 1.82) is 0 Å². The molecule has 152 valence electrons. The predicted molar refractivity (Wildman–Crippen MR) is 110 cm³/mol. The van der Waals surface area contributed by atoms with Crippen LogP contribution < -0.4 is 10.0 Å². The number of halogens is 1. The van der Waals surface area contributed by atoms with E-state index in [1.165, 1.54) is 12.1 Å². The number of nitrogens with zero attached hydrogens (tertiary/aromatic N) is 2. The number of nitro groups is 1. The summed E-state index contributed by atoms with van der Waals surface area (Å²) in [5, 5.41) is 15.1. The molecule has 1 unspecified atom stereocenters. The number of hydrogen-bond donors (Lipinski definition) is 2. The average Bonchev–Trinajstić information content (AvgIpc) is 2.61. The van der Waals surface area contributed by atoms with Crippen LogP contribution in [0.5, 0.6) is 0 Å². The molecular formula is C18H23ClN4O4S. The van der Waals surface area contributed by atoms with E-state index >= 15 is 0 Å². The van der Waals surface area contributed by atoms with Crippen molar-refractivity contribution in [2.24, 2.45) is 0 Å². The molecule has 0 spiro atoms. The van der Waals surface area contributed by atoms with Gasteiger partial charge in [0.15, 0.2) is 0 Å². The third-order valence-corrected chi connectivity index (χ3v) is 5.78. The van der Waals surface area contributed by atoms with Crippen LogP contribution in [0, 0.1) is 10.1 Å². The molecule has 0 saturated heterocycles. The standard InChI is InChI=1S/C18H23ClN4O4S/c1-13(14-4-6-15(19)7-5-14)21-17-9-8-16(12-18(17)23(24)25)28(26,27)20-10-11-22(2)3/h4-9,12-13,20-21H,10-11H2,1-3H3. The molecule has 8 nitrogen and oxygen atoms in total. The Kier molecular flexibility index (Phi) is 7.36. The van der Waals surface area contributed by atoms with Crippen molar-refractivity contribution in [2.45, 2.75) is 17.9 Å². The summed E-state index contributed by atoms with van der Waals surface area (Å²) in [4.78, 5) is 12.6. The maximum atomic E-state index is 12.4. The number of benzene rings is 2. The fourth-order valence-electron chi connectivity index (χ4n) is 2.51. The normalized spacial score (nSPS) is 12.8. The maximum absolute atomic E-state index is 12.4. The summed E-state index contributed by atoms with van der Waals surface area (Å²) in [6.45, 7) is 2.57. The predicted octanol–water partition coefficient (Wildman–Crippen LogP) is 3.26. The van der Waals surface area contributed by atoms with Crippen molar-refractivity contribution >= 4 is 33.0 Å². The molecule has 10 heteroatoms. The Balaban J connectivity index is 2.25. The van der Waals surface area contributed by atoms with Gasteiger partial charge in [-0.15, -0.1) is 0 Å². The molecule has 0 aromatic heterocycles. The highest BCUT2D eigenvalue weighted by atomic mass is 35.5. The molecule has 2 rings (SSSR count). The van der Waals surface area contributed by atoms with E-state index in [0.717, 1.165) is 11.6 Å². The van der Waals surface area contributed by atoms with Gasteiger partial charge in [0.05, 0.1) is 9.82 Å². The lowest BCUT2D eigenvalue weighted by Crippen LogP contribution is -2.31. The minimum absolute atomic E-state index is 0.150. The summed E-state index contributed by atoms with van der Waals surface area (Å²) in [7, 11) is -0.196. The lowest BCUT2D eigenvalue weighted by Gasteiger charge is -2.16. The van der Waals surface area contributed by atoms with Gasteiger partial charge in [0.2, 0.25) is 10.0 Å². The summed E-state index contributed by atoms with van der Waals surface area (Å²) in [5.74, 6) is 0. The fraction of sp³-hybridized carbons (Fsp3) is 0.333. The summed E-state index contributed by atoms with van der Waals surface area (Å²) >= 11 is 5.88. The molecule has 0 aliphatic heterocycles. The minimum Gasteiger partial charge on any atom is -0.373 e. The SMILES string of the molecule is CC(Nc1ccc(S(=O)(=O)NCCN(C)C)cc1[N+](=O)[O-])c1ccc(Cl)cc1. The zero-order valence-electron chi connectivity index (χ0n) is 15.8. The first kappa shape index (κ1) is 22.1. The summed E-state index contributed by atoms with van der Waals surface area (Å²) in [5.41, 5.74) is 0.816. The van der Waals surface area contributed by atoms with Crippen LogP contribution in [0.4, 0.5) is 11.4 Å². The number of nitrogens with one attached hydrogen (secondary N) is 2. The van der Waals surface area contributed by atoms with Gasteiger partial charge in [0.25, 0.3) is 5.69 Å². The van der Waals surface area contributed by atoms with Crippen LogP contribution in [0.3, 0.4) is 0 Å². The number of nitro benzene ring substituents is 1. The average molecular weight is 427 g/mol. The van der Waals surface area contributed by atoms with Gasteiger partial charge in [-0.05, 0) is 50.8 Å². The molecule has 28 heavy (non-hydrogen) atoms. The number of sulfonamides is 1. The summed E-state index contributed by atoms with van der Waals surface area (Å²) < 4.78 is 27.2. The van der Waals surface area contributed by atoms with Crippen molar-refractivity contribution < 1.29 is 13.3 Å². The Morgan fingerprint density at radius 1 is 1.18 bits per heavy atom. The first-order valence-corrected chi connectivity index (χ1v) is 10.4. The van der Waals surface area contributed by atoms with E-state index in [1.807, 2.05) is 38.1 Å². The second-order valence-electron chi connectivity index (χ2n) is 6.55. The molecule has 0 amide bonds. The van der Waals surface area contributed by atoms with Crippen LogP contribution in [0.1, 0.15) is 18.5 Å². The largest absolute Gasteiger partial charge is 0.373 e. The second-order valence-corrected chi connectivity index (χ2v) is 8.76. The quantitative estimate of drug-likeness (QED) is 0.471.